The lowest BCUT2D eigenvalue weighted by Gasteiger charge is -2.24. The Balaban J connectivity index is 0.920. The molecule has 3 aliphatic carbocycles. The number of hydrogen-bond donors (Lipinski definition) is 6. The molecule has 0 fully saturated rings. The van der Waals surface area contributed by atoms with Crippen molar-refractivity contribution in [1.82, 2.24) is 0 Å². The maximum Gasteiger partial charge on any atom is 0.200 e. The first-order valence-corrected chi connectivity index (χ1v) is 19.4. The molecule has 0 aliphatic heterocycles. The highest BCUT2D eigenvalue weighted by atomic mass is 15.0. The molecule has 0 saturated heterocycles. The largest absolute Gasteiger partial charge is 0.333 e. The van der Waals surface area contributed by atoms with Crippen molar-refractivity contribution in [2.24, 2.45) is 28.7 Å². The van der Waals surface area contributed by atoms with Crippen molar-refractivity contribution in [2.75, 3.05) is 0 Å². The fourth-order valence-corrected chi connectivity index (χ4v) is 10.3. The summed E-state index contributed by atoms with van der Waals surface area (Å²) in [7, 11) is 0. The van der Waals surface area contributed by atoms with Crippen LogP contribution in [-0.4, -0.2) is 0 Å². The molecule has 0 bridgehead atoms. The monoisotopic (exact) mass is 735 g/mol. The summed E-state index contributed by atoms with van der Waals surface area (Å²) >= 11 is 0. The maximum absolute atomic E-state index is 7.25. The molecule has 57 heavy (non-hydrogen) atoms. The summed E-state index contributed by atoms with van der Waals surface area (Å²) < 4.78 is 0. The van der Waals surface area contributed by atoms with Gasteiger partial charge in [-0.2, -0.15) is 0 Å². The molecule has 0 aromatic heterocycles. The number of fused-ring (bicyclic) bond motifs is 14. The van der Waals surface area contributed by atoms with Gasteiger partial charge in [0.25, 0.3) is 0 Å². The van der Waals surface area contributed by atoms with E-state index in [1.54, 1.807) is 0 Å². The second-order valence-corrected chi connectivity index (χ2v) is 16.4. The van der Waals surface area contributed by atoms with Gasteiger partial charge in [-0.15, -0.1) is 0 Å². The Hall–Kier alpha value is -6.48. The lowest BCUT2D eigenvalue weighted by atomic mass is 9.89. The van der Waals surface area contributed by atoms with Gasteiger partial charge in [-0.25, -0.2) is 0 Å². The standard InChI is InChI=1S/C51H38N6/c52-49(53)43-8-4-3-7-37(43)41-25-46-42(26-45(41)49)38-18-13-32(24-44(38)50(46,54)55)31-12-17-36-34(23-31)15-20-40-39-19-14-33-22-30(11-16-35(33)47(39)51(56,57)48(36)40)29-10-9-27-5-1-2-6-28(27)21-29/h1-26H,52-57H2/p+1. The van der Waals surface area contributed by atoms with E-state index >= 15 is 0 Å². The lowest BCUT2D eigenvalue weighted by molar-refractivity contribution is -0.468. The quantitative estimate of drug-likeness (QED) is 0.0991. The summed E-state index contributed by atoms with van der Waals surface area (Å²) in [6.07, 6.45) is 0. The third kappa shape index (κ3) is 4.29. The van der Waals surface area contributed by atoms with Crippen LogP contribution in [0, 0.1) is 0 Å². The molecule has 9 aromatic rings. The summed E-state index contributed by atoms with van der Waals surface area (Å²) in [5.41, 5.74) is 52.9. The van der Waals surface area contributed by atoms with E-state index < -0.39 is 17.0 Å². The highest BCUT2D eigenvalue weighted by Gasteiger charge is 2.45. The van der Waals surface area contributed by atoms with Crippen molar-refractivity contribution in [2.45, 2.75) is 17.0 Å². The van der Waals surface area contributed by atoms with Gasteiger partial charge in [0.1, 0.15) is 11.3 Å². The Bertz CT molecular complexity index is 3280. The van der Waals surface area contributed by atoms with Crippen molar-refractivity contribution < 1.29 is 5.73 Å². The fraction of sp³-hybridized carbons (Fsp3) is 0.0588. The summed E-state index contributed by atoms with van der Waals surface area (Å²) in [5, 5.41) is 6.74. The topological polar surface area (TPSA) is 158 Å². The second kappa shape index (κ2) is 10.9. The zero-order valence-corrected chi connectivity index (χ0v) is 31.1. The molecule has 13 N–H and O–H groups in total. The van der Waals surface area contributed by atoms with Crippen LogP contribution in [-0.2, 0) is 17.0 Å². The number of benzene rings is 9. The molecule has 272 valence electrons. The molecule has 6 heteroatoms. The molecule has 0 spiro atoms. The Kier molecular flexibility index (Phi) is 6.25. The number of hydrogen-bond acceptors (Lipinski definition) is 5. The van der Waals surface area contributed by atoms with Crippen LogP contribution in [0.25, 0.3) is 88.0 Å². The number of rotatable bonds is 2. The fourth-order valence-electron chi connectivity index (χ4n) is 10.3. The van der Waals surface area contributed by atoms with E-state index in [0.717, 1.165) is 105 Å². The van der Waals surface area contributed by atoms with Crippen molar-refractivity contribution in [3.8, 4) is 55.6 Å². The van der Waals surface area contributed by atoms with E-state index in [1.807, 2.05) is 18.2 Å². The molecular formula is C51H39N6+. The zero-order valence-electron chi connectivity index (χ0n) is 31.1. The summed E-state index contributed by atoms with van der Waals surface area (Å²) in [5.74, 6) is 0. The zero-order chi connectivity index (χ0) is 38.6. The van der Waals surface area contributed by atoms with E-state index in [0.29, 0.717) is 0 Å². The second-order valence-electron chi connectivity index (χ2n) is 16.4. The van der Waals surface area contributed by atoms with Crippen LogP contribution in [0.3, 0.4) is 0 Å². The highest BCUT2D eigenvalue weighted by Crippen LogP contribution is 2.53. The molecule has 0 heterocycles. The molecule has 9 aromatic carbocycles. The van der Waals surface area contributed by atoms with Crippen LogP contribution in [0.15, 0.2) is 158 Å². The molecule has 1 atom stereocenters. The highest BCUT2D eigenvalue weighted by molar-refractivity contribution is 6.05. The van der Waals surface area contributed by atoms with Crippen molar-refractivity contribution >= 4 is 32.3 Å². The number of nitrogens with two attached hydrogens (primary N) is 5. The Morgan fingerprint density at radius 3 is 1.46 bits per heavy atom. The molecular weight excluding hydrogens is 697 g/mol. The van der Waals surface area contributed by atoms with Crippen LogP contribution in [0.4, 0.5) is 0 Å². The number of quaternary nitrogens is 1. The van der Waals surface area contributed by atoms with E-state index in [-0.39, 0.29) is 0 Å². The first-order valence-electron chi connectivity index (χ1n) is 19.4. The summed E-state index contributed by atoms with van der Waals surface area (Å²) in [6, 6.07) is 55.8. The molecule has 1 unspecified atom stereocenters. The van der Waals surface area contributed by atoms with Crippen LogP contribution in [0.1, 0.15) is 33.4 Å². The SMILES string of the molecule is NC1(N)c2ccccc2-c2cc3c(cc21)-c1ccc(-c2ccc4c5c(ccc4c2)-c2ccc4cc(-c6ccc7ccccc7c6)ccc4c2C5(N)N)cc1C3(N)[NH3+]. The van der Waals surface area contributed by atoms with Crippen LogP contribution in [0.5, 0.6) is 0 Å². The molecule has 6 nitrogen and oxygen atoms in total. The van der Waals surface area contributed by atoms with Gasteiger partial charge in [-0.05, 0) is 135 Å². The minimum atomic E-state index is -1.19. The third-order valence-corrected chi connectivity index (χ3v) is 13.1. The van der Waals surface area contributed by atoms with Crippen LogP contribution < -0.4 is 34.4 Å². The first-order chi connectivity index (χ1) is 27.5. The van der Waals surface area contributed by atoms with Crippen molar-refractivity contribution in [1.29, 1.82) is 0 Å². The summed E-state index contributed by atoms with van der Waals surface area (Å²) in [6.45, 7) is 0. The predicted octanol–water partition coefficient (Wildman–Crippen LogP) is 8.06. The average Bonchev–Trinajstić information content (AvgIpc) is 3.71. The smallest absolute Gasteiger partial charge is 0.200 e. The van der Waals surface area contributed by atoms with Crippen LogP contribution in [0.2, 0.25) is 0 Å². The Labute approximate surface area is 329 Å². The van der Waals surface area contributed by atoms with Gasteiger partial charge in [0, 0.05) is 22.3 Å². The van der Waals surface area contributed by atoms with Crippen molar-refractivity contribution in [3.63, 3.8) is 0 Å². The Morgan fingerprint density at radius 2 is 0.772 bits per heavy atom. The Morgan fingerprint density at radius 1 is 0.316 bits per heavy atom. The summed E-state index contributed by atoms with van der Waals surface area (Å²) in [4.78, 5) is 0. The van der Waals surface area contributed by atoms with E-state index in [1.165, 1.54) is 16.3 Å². The van der Waals surface area contributed by atoms with Gasteiger partial charge < -0.3 is 28.7 Å². The predicted molar refractivity (Wildman–Crippen MR) is 232 cm³/mol. The molecule has 0 saturated carbocycles. The maximum atomic E-state index is 7.25. The van der Waals surface area contributed by atoms with Gasteiger partial charge >= 0.3 is 0 Å². The molecule has 0 radical (unpaired) electrons. The minimum Gasteiger partial charge on any atom is -0.333 e. The van der Waals surface area contributed by atoms with Crippen LogP contribution >= 0.6 is 0 Å². The van der Waals surface area contributed by atoms with Gasteiger partial charge in [0.05, 0.1) is 0 Å². The minimum absolute atomic E-state index is 0.897. The molecule has 0 amide bonds. The normalized spacial score (nSPS) is 17.6. The lowest BCUT2D eigenvalue weighted by Crippen LogP contribution is -2.75. The van der Waals surface area contributed by atoms with E-state index in [2.05, 4.69) is 145 Å². The van der Waals surface area contributed by atoms with Gasteiger partial charge in [-0.3, -0.25) is 5.73 Å². The van der Waals surface area contributed by atoms with Gasteiger partial charge in [0.15, 0.2) is 5.66 Å². The van der Waals surface area contributed by atoms with Crippen molar-refractivity contribution in [3.05, 3.63) is 191 Å². The van der Waals surface area contributed by atoms with E-state index in [4.69, 9.17) is 28.7 Å². The average molecular weight is 736 g/mol. The van der Waals surface area contributed by atoms with Gasteiger partial charge in [0.2, 0.25) is 0 Å². The van der Waals surface area contributed by atoms with Gasteiger partial charge in [-0.1, -0.05) is 121 Å². The molecule has 12 rings (SSSR count). The van der Waals surface area contributed by atoms with E-state index in [9.17, 15) is 0 Å². The molecule has 3 aliphatic rings. The first kappa shape index (κ1) is 32.7. The third-order valence-electron chi connectivity index (χ3n) is 13.1.